The predicted octanol–water partition coefficient (Wildman–Crippen LogP) is 4.04. The second-order valence-electron chi connectivity index (χ2n) is 2.18. The molecule has 0 fully saturated rings. The van der Waals surface area contributed by atoms with E-state index in [1.54, 1.807) is 24.4 Å². The van der Waals surface area contributed by atoms with Gasteiger partial charge in [0.15, 0.2) is 0 Å². The summed E-state index contributed by atoms with van der Waals surface area (Å²) in [6, 6.07) is 5.73. The quantitative estimate of drug-likeness (QED) is 0.517. The monoisotopic (exact) mass is 199 g/mol. The minimum atomic E-state index is 0.924. The van der Waals surface area contributed by atoms with Crippen LogP contribution in [0, 0.1) is 0 Å². The molecule has 78 valence electrons. The molecule has 0 atom stereocenters. The van der Waals surface area contributed by atoms with Crippen LogP contribution in [0.1, 0.15) is 5.69 Å². The van der Waals surface area contributed by atoms with Gasteiger partial charge in [0.1, 0.15) is 0 Å². The average Bonchev–Trinajstić information content (AvgIpc) is 2.31. The summed E-state index contributed by atoms with van der Waals surface area (Å²) >= 11 is 0. The van der Waals surface area contributed by atoms with Crippen molar-refractivity contribution in [3.8, 4) is 0 Å². The maximum atomic E-state index is 3.98. The summed E-state index contributed by atoms with van der Waals surface area (Å²) in [5, 5.41) is 0. The zero-order chi connectivity index (χ0) is 11.9. The van der Waals surface area contributed by atoms with Gasteiger partial charge in [-0.3, -0.25) is 4.98 Å². The molecule has 0 amide bonds. The molecule has 1 heterocycles. The molecule has 1 heteroatoms. The van der Waals surface area contributed by atoms with Crippen LogP contribution in [0.4, 0.5) is 0 Å². The summed E-state index contributed by atoms with van der Waals surface area (Å²) in [5.74, 6) is 0. The predicted molar refractivity (Wildman–Crippen MR) is 69.5 cm³/mol. The van der Waals surface area contributed by atoms with Crippen molar-refractivity contribution in [2.75, 3.05) is 0 Å². The summed E-state index contributed by atoms with van der Waals surface area (Å²) in [4.78, 5) is 3.98. The Morgan fingerprint density at radius 1 is 1.07 bits per heavy atom. The standard InChI is InChI=1S/C7H7N.C4H6.C3H4/c1-2-7-5-3-4-6-8-7;1-3-4-2;1-3-2/h2-6H,1H2;3-4H,1-2H2;1-2H2. The van der Waals surface area contributed by atoms with E-state index < -0.39 is 0 Å². The van der Waals surface area contributed by atoms with Gasteiger partial charge in [0.2, 0.25) is 0 Å². The molecule has 1 rings (SSSR count). The molecule has 0 aromatic carbocycles. The molecule has 15 heavy (non-hydrogen) atoms. The molecular formula is C14H17N. The molecule has 0 N–H and O–H groups in total. The third kappa shape index (κ3) is 14.7. The Morgan fingerprint density at radius 2 is 1.60 bits per heavy atom. The van der Waals surface area contributed by atoms with Gasteiger partial charge in [0.05, 0.1) is 5.69 Å². The summed E-state index contributed by atoms with van der Waals surface area (Å²) in [6.45, 7) is 16.5. The van der Waals surface area contributed by atoms with Crippen molar-refractivity contribution >= 4 is 6.08 Å². The average molecular weight is 199 g/mol. The molecular weight excluding hydrogens is 182 g/mol. The van der Waals surface area contributed by atoms with Gasteiger partial charge in [0, 0.05) is 6.20 Å². The van der Waals surface area contributed by atoms with Crippen LogP contribution in [0.15, 0.2) is 75.2 Å². The lowest BCUT2D eigenvalue weighted by Gasteiger charge is -1.84. The zero-order valence-electron chi connectivity index (χ0n) is 9.02. The van der Waals surface area contributed by atoms with Gasteiger partial charge < -0.3 is 0 Å². The Hall–Kier alpha value is -2.11. The van der Waals surface area contributed by atoms with Gasteiger partial charge in [0.25, 0.3) is 0 Å². The number of allylic oxidation sites excluding steroid dienone is 2. The summed E-state index contributed by atoms with van der Waals surface area (Å²) in [6.07, 6.45) is 6.75. The van der Waals surface area contributed by atoms with Crippen LogP contribution in [0.5, 0.6) is 0 Å². The maximum absolute atomic E-state index is 3.98. The van der Waals surface area contributed by atoms with E-state index >= 15 is 0 Å². The van der Waals surface area contributed by atoms with Crippen LogP contribution in [0.25, 0.3) is 6.08 Å². The summed E-state index contributed by atoms with van der Waals surface area (Å²) in [7, 11) is 0. The molecule has 0 radical (unpaired) electrons. The number of hydrogen-bond donors (Lipinski definition) is 0. The number of hydrogen-bond acceptors (Lipinski definition) is 1. The minimum Gasteiger partial charge on any atom is -0.257 e. The number of pyridine rings is 1. The molecule has 0 bridgehead atoms. The zero-order valence-corrected chi connectivity index (χ0v) is 9.02. The molecule has 1 aromatic heterocycles. The highest BCUT2D eigenvalue weighted by atomic mass is 14.6. The van der Waals surface area contributed by atoms with Gasteiger partial charge >= 0.3 is 0 Å². The fourth-order valence-corrected chi connectivity index (χ4v) is 0.497. The second kappa shape index (κ2) is 14.4. The highest BCUT2D eigenvalue weighted by molar-refractivity contribution is 5.40. The fourth-order valence-electron chi connectivity index (χ4n) is 0.497. The first-order valence-electron chi connectivity index (χ1n) is 4.32. The first kappa shape index (κ1) is 15.4. The Morgan fingerprint density at radius 3 is 1.80 bits per heavy atom. The van der Waals surface area contributed by atoms with Crippen molar-refractivity contribution in [1.82, 2.24) is 4.98 Å². The van der Waals surface area contributed by atoms with Crippen LogP contribution < -0.4 is 0 Å². The summed E-state index contributed by atoms with van der Waals surface area (Å²) in [5.41, 5.74) is 3.17. The van der Waals surface area contributed by atoms with Crippen LogP contribution in [-0.4, -0.2) is 4.98 Å². The van der Waals surface area contributed by atoms with Crippen molar-refractivity contribution in [3.05, 3.63) is 80.9 Å². The lowest BCUT2D eigenvalue weighted by atomic mass is 10.4. The highest BCUT2D eigenvalue weighted by Gasteiger charge is 1.77. The van der Waals surface area contributed by atoms with Crippen LogP contribution in [-0.2, 0) is 0 Å². The van der Waals surface area contributed by atoms with E-state index in [0.717, 1.165) is 5.69 Å². The largest absolute Gasteiger partial charge is 0.257 e. The Labute approximate surface area is 92.5 Å². The van der Waals surface area contributed by atoms with Gasteiger partial charge in [-0.05, 0) is 18.2 Å². The van der Waals surface area contributed by atoms with Crippen LogP contribution in [0.3, 0.4) is 0 Å². The lowest BCUT2D eigenvalue weighted by Crippen LogP contribution is -1.73. The van der Waals surface area contributed by atoms with Crippen LogP contribution >= 0.6 is 0 Å². The SMILES string of the molecule is C=C=C.C=CC=C.C=Cc1ccccn1. The molecule has 0 spiro atoms. The second-order valence-corrected chi connectivity index (χ2v) is 2.18. The van der Waals surface area contributed by atoms with Crippen molar-refractivity contribution < 1.29 is 0 Å². The van der Waals surface area contributed by atoms with Crippen molar-refractivity contribution in [3.63, 3.8) is 0 Å². The molecule has 0 aliphatic heterocycles. The number of aromatic nitrogens is 1. The molecule has 1 nitrogen and oxygen atoms in total. The molecule has 0 aliphatic carbocycles. The third-order valence-electron chi connectivity index (χ3n) is 1.06. The van der Waals surface area contributed by atoms with Gasteiger partial charge in [-0.15, -0.1) is 5.73 Å². The number of nitrogens with zero attached hydrogens (tertiary/aromatic N) is 1. The molecule has 0 aliphatic rings. The van der Waals surface area contributed by atoms with Crippen molar-refractivity contribution in [1.29, 1.82) is 0 Å². The molecule has 1 aromatic rings. The minimum absolute atomic E-state index is 0.924. The fraction of sp³-hybridized carbons (Fsp3) is 0. The normalized spacial score (nSPS) is 6.40. The number of rotatable bonds is 2. The van der Waals surface area contributed by atoms with E-state index in [1.165, 1.54) is 0 Å². The first-order valence-corrected chi connectivity index (χ1v) is 4.32. The van der Waals surface area contributed by atoms with E-state index in [4.69, 9.17) is 0 Å². The summed E-state index contributed by atoms with van der Waals surface area (Å²) < 4.78 is 0. The third-order valence-corrected chi connectivity index (χ3v) is 1.06. The van der Waals surface area contributed by atoms with Gasteiger partial charge in [-0.1, -0.05) is 51.1 Å². The van der Waals surface area contributed by atoms with Crippen molar-refractivity contribution in [2.45, 2.75) is 0 Å². The van der Waals surface area contributed by atoms with Gasteiger partial charge in [-0.25, -0.2) is 0 Å². The topological polar surface area (TPSA) is 12.9 Å². The Balaban J connectivity index is 0. The molecule has 0 unspecified atom stereocenters. The smallest absolute Gasteiger partial charge is 0.0623 e. The molecule has 0 saturated carbocycles. The highest BCUT2D eigenvalue weighted by Crippen LogP contribution is 1.91. The van der Waals surface area contributed by atoms with Gasteiger partial charge in [-0.2, -0.15) is 0 Å². The van der Waals surface area contributed by atoms with Crippen molar-refractivity contribution in [2.24, 2.45) is 0 Å². The van der Waals surface area contributed by atoms with E-state index in [0.29, 0.717) is 0 Å². The van der Waals surface area contributed by atoms with E-state index in [1.807, 2.05) is 18.2 Å². The maximum Gasteiger partial charge on any atom is 0.0623 e. The first-order chi connectivity index (χ1) is 7.26. The van der Waals surface area contributed by atoms with E-state index in [-0.39, 0.29) is 0 Å². The lowest BCUT2D eigenvalue weighted by molar-refractivity contribution is 1.30. The Kier molecular flexibility index (Phi) is 14.8. The van der Waals surface area contributed by atoms with E-state index in [9.17, 15) is 0 Å². The Bertz CT molecular complexity index is 297. The molecule has 0 saturated heterocycles. The van der Waals surface area contributed by atoms with Crippen LogP contribution in [0.2, 0.25) is 0 Å². The van der Waals surface area contributed by atoms with E-state index in [2.05, 4.69) is 43.6 Å².